The maximum Gasteiger partial charge on any atom is 0.137 e. The first-order valence-electron chi connectivity index (χ1n) is 13.4. The van der Waals surface area contributed by atoms with Crippen molar-refractivity contribution in [1.29, 1.82) is 0 Å². The van der Waals surface area contributed by atoms with Crippen molar-refractivity contribution in [3.8, 4) is 16.9 Å². The second kappa shape index (κ2) is 9.07. The molecule has 2 aromatic carbocycles. The summed E-state index contributed by atoms with van der Waals surface area (Å²) in [6.45, 7) is 13.1. The third-order valence-corrected chi connectivity index (χ3v) is 7.42. The molecule has 196 valence electrons. The standard InChI is InChI=1S/C32H35N3O3/c1-18(2)23-16-35-24-15-19(3)28(26(17-36)38-32(4,5)6)30(21(24)8-10-27(35)34-23)22-7-9-25-29-20(12-14-37-25)11-13-33-31(22)29/h7-11,13,15-16,18,26,36H,12,14,17H2,1-6H3/t26-/m1/s1. The average molecular weight is 510 g/mol. The van der Waals surface area contributed by atoms with Gasteiger partial charge >= 0.3 is 0 Å². The monoisotopic (exact) mass is 509 g/mol. The Labute approximate surface area is 223 Å². The molecule has 6 rings (SSSR count). The molecular formula is C32H35N3O3. The summed E-state index contributed by atoms with van der Waals surface area (Å²) < 4.78 is 14.7. The van der Waals surface area contributed by atoms with E-state index in [1.165, 1.54) is 5.56 Å². The zero-order valence-electron chi connectivity index (χ0n) is 23.0. The highest BCUT2D eigenvalue weighted by Gasteiger charge is 2.28. The molecule has 3 aromatic heterocycles. The van der Waals surface area contributed by atoms with E-state index in [-0.39, 0.29) is 6.61 Å². The number of hydrogen-bond donors (Lipinski definition) is 1. The molecule has 0 saturated heterocycles. The van der Waals surface area contributed by atoms with Crippen molar-refractivity contribution in [3.05, 3.63) is 71.2 Å². The Hall–Kier alpha value is -3.48. The molecule has 6 nitrogen and oxygen atoms in total. The first-order chi connectivity index (χ1) is 18.2. The van der Waals surface area contributed by atoms with Crippen LogP contribution in [0.25, 0.3) is 38.6 Å². The number of aryl methyl sites for hydroxylation is 1. The van der Waals surface area contributed by atoms with Crippen molar-refractivity contribution >= 4 is 27.5 Å². The average Bonchev–Trinajstić information content (AvgIpc) is 3.33. The maximum absolute atomic E-state index is 10.6. The molecule has 1 aliphatic rings. The molecule has 0 aliphatic carbocycles. The van der Waals surface area contributed by atoms with Crippen LogP contribution in [0, 0.1) is 6.92 Å². The molecule has 0 radical (unpaired) electrons. The van der Waals surface area contributed by atoms with Crippen LogP contribution in [0.2, 0.25) is 0 Å². The highest BCUT2D eigenvalue weighted by atomic mass is 16.5. The molecule has 1 atom stereocenters. The van der Waals surface area contributed by atoms with Crippen LogP contribution in [0.3, 0.4) is 0 Å². The molecule has 0 spiro atoms. The lowest BCUT2D eigenvalue weighted by Gasteiger charge is -2.30. The number of hydrogen-bond acceptors (Lipinski definition) is 5. The van der Waals surface area contributed by atoms with Gasteiger partial charge in [0.1, 0.15) is 17.5 Å². The first kappa shape index (κ1) is 24.8. The minimum absolute atomic E-state index is 0.126. The van der Waals surface area contributed by atoms with Crippen LogP contribution < -0.4 is 4.74 Å². The lowest BCUT2D eigenvalue weighted by atomic mass is 9.86. The Morgan fingerprint density at radius 1 is 1.13 bits per heavy atom. The molecule has 6 heteroatoms. The van der Waals surface area contributed by atoms with Crippen molar-refractivity contribution in [3.63, 3.8) is 0 Å². The Bertz CT molecular complexity index is 1680. The van der Waals surface area contributed by atoms with Crippen molar-refractivity contribution in [2.45, 2.75) is 65.6 Å². The van der Waals surface area contributed by atoms with E-state index < -0.39 is 11.7 Å². The summed E-state index contributed by atoms with van der Waals surface area (Å²) in [7, 11) is 0. The van der Waals surface area contributed by atoms with E-state index in [9.17, 15) is 5.11 Å². The van der Waals surface area contributed by atoms with Crippen LogP contribution >= 0.6 is 0 Å². The largest absolute Gasteiger partial charge is 0.493 e. The van der Waals surface area contributed by atoms with Gasteiger partial charge in [-0.25, -0.2) is 4.98 Å². The van der Waals surface area contributed by atoms with E-state index in [0.29, 0.717) is 12.5 Å². The molecule has 0 fully saturated rings. The smallest absolute Gasteiger partial charge is 0.137 e. The number of pyridine rings is 2. The maximum atomic E-state index is 10.6. The minimum Gasteiger partial charge on any atom is -0.493 e. The highest BCUT2D eigenvalue weighted by molar-refractivity contribution is 6.07. The predicted molar refractivity (Wildman–Crippen MR) is 152 cm³/mol. The molecule has 0 amide bonds. The molecular weight excluding hydrogens is 474 g/mol. The number of ether oxygens (including phenoxy) is 2. The number of aliphatic hydroxyl groups excluding tert-OH is 1. The Morgan fingerprint density at radius 3 is 2.68 bits per heavy atom. The van der Waals surface area contributed by atoms with Gasteiger partial charge in [-0.1, -0.05) is 13.8 Å². The summed E-state index contributed by atoms with van der Waals surface area (Å²) in [5.74, 6) is 1.20. The summed E-state index contributed by atoms with van der Waals surface area (Å²) in [6, 6.07) is 12.7. The van der Waals surface area contributed by atoms with Crippen molar-refractivity contribution in [2.24, 2.45) is 0 Å². The number of aliphatic hydroxyl groups is 1. The van der Waals surface area contributed by atoms with Crippen molar-refractivity contribution in [2.75, 3.05) is 13.2 Å². The second-order valence-electron chi connectivity index (χ2n) is 11.6. The Kier molecular flexibility index (Phi) is 5.93. The van der Waals surface area contributed by atoms with Gasteiger partial charge in [-0.3, -0.25) is 9.38 Å². The summed E-state index contributed by atoms with van der Waals surface area (Å²) in [5.41, 5.74) is 8.87. The molecule has 38 heavy (non-hydrogen) atoms. The van der Waals surface area contributed by atoms with Gasteiger partial charge in [0.15, 0.2) is 0 Å². The van der Waals surface area contributed by atoms with Crippen LogP contribution in [-0.2, 0) is 11.2 Å². The molecule has 4 heterocycles. The summed E-state index contributed by atoms with van der Waals surface area (Å²) in [4.78, 5) is 9.76. The fourth-order valence-electron chi connectivity index (χ4n) is 5.78. The highest BCUT2D eigenvalue weighted by Crippen LogP contribution is 2.45. The molecule has 1 aliphatic heterocycles. The molecule has 1 N–H and O–H groups in total. The van der Waals surface area contributed by atoms with Crippen LogP contribution in [0.1, 0.15) is 69.0 Å². The minimum atomic E-state index is -0.499. The Morgan fingerprint density at radius 2 is 1.95 bits per heavy atom. The van der Waals surface area contributed by atoms with E-state index >= 15 is 0 Å². The Balaban J connectivity index is 1.74. The van der Waals surface area contributed by atoms with Crippen molar-refractivity contribution < 1.29 is 14.6 Å². The molecule has 0 bridgehead atoms. The first-order valence-corrected chi connectivity index (χ1v) is 13.4. The lowest BCUT2D eigenvalue weighted by Crippen LogP contribution is -2.25. The van der Waals surface area contributed by atoms with E-state index in [1.807, 2.05) is 27.0 Å². The normalized spacial score (nSPS) is 14.5. The van der Waals surface area contributed by atoms with Crippen LogP contribution in [0.15, 0.2) is 48.8 Å². The van der Waals surface area contributed by atoms with Gasteiger partial charge in [-0.2, -0.15) is 0 Å². The zero-order valence-corrected chi connectivity index (χ0v) is 23.0. The van der Waals surface area contributed by atoms with E-state index in [4.69, 9.17) is 19.4 Å². The van der Waals surface area contributed by atoms with Gasteiger partial charge in [0.25, 0.3) is 0 Å². The fourth-order valence-corrected chi connectivity index (χ4v) is 5.78. The third kappa shape index (κ3) is 4.03. The van der Waals surface area contributed by atoms with Gasteiger partial charge in [0.05, 0.1) is 35.5 Å². The lowest BCUT2D eigenvalue weighted by molar-refractivity contribution is -0.0821. The fraction of sp³-hybridized carbons (Fsp3) is 0.375. The van der Waals surface area contributed by atoms with Gasteiger partial charge in [0, 0.05) is 35.2 Å². The zero-order chi connectivity index (χ0) is 26.8. The SMILES string of the molecule is Cc1cc2c(ccc3nc(C(C)C)cn32)c(-c2ccc3c4c(ccnc24)CCO3)c1[C@@H](CO)OC(C)(C)C. The van der Waals surface area contributed by atoms with Crippen molar-refractivity contribution in [1.82, 2.24) is 14.4 Å². The number of aromatic nitrogens is 3. The summed E-state index contributed by atoms with van der Waals surface area (Å²) >= 11 is 0. The molecule has 5 aromatic rings. The van der Waals surface area contributed by atoms with Gasteiger partial charge in [-0.15, -0.1) is 0 Å². The van der Waals surface area contributed by atoms with Crippen LogP contribution in [0.5, 0.6) is 5.75 Å². The van der Waals surface area contributed by atoms with Gasteiger partial charge < -0.3 is 14.6 Å². The van der Waals surface area contributed by atoms with E-state index in [2.05, 4.69) is 67.8 Å². The number of imidazole rings is 1. The van der Waals surface area contributed by atoms with Crippen LogP contribution in [-0.4, -0.2) is 38.3 Å². The van der Waals surface area contributed by atoms with Gasteiger partial charge in [-0.05, 0) is 92.3 Å². The van der Waals surface area contributed by atoms with Crippen LogP contribution in [0.4, 0.5) is 0 Å². The predicted octanol–water partition coefficient (Wildman–Crippen LogP) is 6.92. The number of rotatable bonds is 5. The molecule has 0 unspecified atom stereocenters. The number of nitrogens with zero attached hydrogens (tertiary/aromatic N) is 3. The topological polar surface area (TPSA) is 68.9 Å². The van der Waals surface area contributed by atoms with E-state index in [0.717, 1.165) is 67.6 Å². The number of benzene rings is 2. The second-order valence-corrected chi connectivity index (χ2v) is 11.6. The quantitative estimate of drug-likeness (QED) is 0.279. The third-order valence-electron chi connectivity index (χ3n) is 7.42. The number of fused-ring (bicyclic) bond motifs is 3. The summed E-state index contributed by atoms with van der Waals surface area (Å²) in [6.07, 6.45) is 4.40. The summed E-state index contributed by atoms with van der Waals surface area (Å²) in [5, 5.41) is 12.8. The molecule has 0 saturated carbocycles. The van der Waals surface area contributed by atoms with E-state index in [1.54, 1.807) is 0 Å². The van der Waals surface area contributed by atoms with Gasteiger partial charge in [0.2, 0.25) is 0 Å².